The van der Waals surface area contributed by atoms with Crippen molar-refractivity contribution in [2.75, 3.05) is 11.9 Å². The monoisotopic (exact) mass is 394 g/mol. The van der Waals surface area contributed by atoms with Gasteiger partial charge < -0.3 is 10.1 Å². The summed E-state index contributed by atoms with van der Waals surface area (Å²) >= 11 is 5.33. The Labute approximate surface area is 168 Å². The number of aromatic amines is 1. The van der Waals surface area contributed by atoms with Crippen molar-refractivity contribution in [2.45, 2.75) is 19.9 Å². The molecule has 28 heavy (non-hydrogen) atoms. The molecule has 0 spiro atoms. The first kappa shape index (κ1) is 19.6. The van der Waals surface area contributed by atoms with Gasteiger partial charge in [-0.2, -0.15) is 5.10 Å². The van der Waals surface area contributed by atoms with E-state index < -0.39 is 0 Å². The first-order valence-corrected chi connectivity index (χ1v) is 9.33. The third-order valence-electron chi connectivity index (χ3n) is 4.12. The number of benzene rings is 2. The first-order valence-electron chi connectivity index (χ1n) is 8.92. The number of anilines is 1. The van der Waals surface area contributed by atoms with E-state index in [1.54, 1.807) is 12.1 Å². The SMILES string of the molecule is C=CCOc1cccc(NC(=O)CCn2c(-c3ccc(C)cc3)n[nH]c2=S)c1. The number of aromatic nitrogens is 3. The second kappa shape index (κ2) is 9.14. The Balaban J connectivity index is 1.65. The molecule has 0 saturated carbocycles. The molecule has 144 valence electrons. The number of aryl methyl sites for hydroxylation is 1. The molecule has 0 aliphatic heterocycles. The summed E-state index contributed by atoms with van der Waals surface area (Å²) in [6.07, 6.45) is 1.94. The van der Waals surface area contributed by atoms with Gasteiger partial charge in [-0.3, -0.25) is 14.5 Å². The largest absolute Gasteiger partial charge is 0.489 e. The summed E-state index contributed by atoms with van der Waals surface area (Å²) in [7, 11) is 0. The van der Waals surface area contributed by atoms with Crippen LogP contribution in [0.4, 0.5) is 5.69 Å². The molecule has 1 aromatic heterocycles. The molecule has 1 amide bonds. The Morgan fingerprint density at radius 1 is 1.32 bits per heavy atom. The number of rotatable bonds is 8. The van der Waals surface area contributed by atoms with Gasteiger partial charge in [-0.15, -0.1) is 0 Å². The van der Waals surface area contributed by atoms with Crippen LogP contribution in [0.3, 0.4) is 0 Å². The number of H-pyrrole nitrogens is 1. The standard InChI is InChI=1S/C21H22N4O2S/c1-3-13-27-18-6-4-5-17(14-18)22-19(26)11-12-25-20(23-24-21(25)28)16-9-7-15(2)8-10-16/h3-10,14H,1,11-13H2,2H3,(H,22,26)(H,24,28). The van der Waals surface area contributed by atoms with Crippen molar-refractivity contribution >= 4 is 23.8 Å². The molecule has 3 aromatic rings. The molecule has 2 N–H and O–H groups in total. The summed E-state index contributed by atoms with van der Waals surface area (Å²) in [5.74, 6) is 1.29. The number of hydrogen-bond donors (Lipinski definition) is 2. The van der Waals surface area contributed by atoms with Crippen LogP contribution in [0.2, 0.25) is 0 Å². The molecule has 2 aromatic carbocycles. The maximum absolute atomic E-state index is 12.4. The lowest BCUT2D eigenvalue weighted by atomic mass is 10.1. The zero-order chi connectivity index (χ0) is 19.9. The molecule has 0 atom stereocenters. The van der Waals surface area contributed by atoms with Crippen molar-refractivity contribution in [1.82, 2.24) is 14.8 Å². The lowest BCUT2D eigenvalue weighted by molar-refractivity contribution is -0.116. The molecular weight excluding hydrogens is 372 g/mol. The van der Waals surface area contributed by atoms with Crippen LogP contribution < -0.4 is 10.1 Å². The van der Waals surface area contributed by atoms with Gasteiger partial charge >= 0.3 is 0 Å². The van der Waals surface area contributed by atoms with Crippen molar-refractivity contribution < 1.29 is 9.53 Å². The van der Waals surface area contributed by atoms with Crippen molar-refractivity contribution in [3.05, 3.63) is 71.5 Å². The molecule has 0 radical (unpaired) electrons. The van der Waals surface area contributed by atoms with Crippen LogP contribution >= 0.6 is 12.2 Å². The van der Waals surface area contributed by atoms with Crippen LogP contribution in [0.25, 0.3) is 11.4 Å². The van der Waals surface area contributed by atoms with E-state index in [-0.39, 0.29) is 12.3 Å². The number of hydrogen-bond acceptors (Lipinski definition) is 4. The highest BCUT2D eigenvalue weighted by Crippen LogP contribution is 2.19. The molecule has 0 aliphatic rings. The predicted molar refractivity (Wildman–Crippen MR) is 113 cm³/mol. The normalized spacial score (nSPS) is 10.5. The van der Waals surface area contributed by atoms with Crippen LogP contribution in [-0.4, -0.2) is 27.3 Å². The number of nitrogens with one attached hydrogen (secondary N) is 2. The fourth-order valence-corrected chi connectivity index (χ4v) is 2.93. The zero-order valence-electron chi connectivity index (χ0n) is 15.6. The van der Waals surface area contributed by atoms with E-state index >= 15 is 0 Å². The summed E-state index contributed by atoms with van der Waals surface area (Å²) in [4.78, 5) is 12.4. The second-order valence-electron chi connectivity index (χ2n) is 6.30. The van der Waals surface area contributed by atoms with Crippen LogP contribution in [0.15, 0.2) is 61.2 Å². The van der Waals surface area contributed by atoms with E-state index in [0.29, 0.717) is 29.4 Å². The molecular formula is C21H22N4O2S. The van der Waals surface area contributed by atoms with Crippen molar-refractivity contribution in [2.24, 2.45) is 0 Å². The van der Waals surface area contributed by atoms with E-state index in [0.717, 1.165) is 11.4 Å². The van der Waals surface area contributed by atoms with Crippen LogP contribution in [0.5, 0.6) is 5.75 Å². The molecule has 0 saturated heterocycles. The van der Waals surface area contributed by atoms with Gasteiger partial charge in [-0.25, -0.2) is 0 Å². The van der Waals surface area contributed by atoms with Gasteiger partial charge in [0, 0.05) is 30.3 Å². The van der Waals surface area contributed by atoms with E-state index in [9.17, 15) is 4.79 Å². The summed E-state index contributed by atoms with van der Waals surface area (Å²) < 4.78 is 7.81. The highest BCUT2D eigenvalue weighted by Gasteiger charge is 2.11. The summed E-state index contributed by atoms with van der Waals surface area (Å²) in [6.45, 7) is 6.49. The number of nitrogens with zero attached hydrogens (tertiary/aromatic N) is 2. The molecule has 0 aliphatic carbocycles. The van der Waals surface area contributed by atoms with Gasteiger partial charge in [-0.05, 0) is 31.3 Å². The quantitative estimate of drug-likeness (QED) is 0.436. The van der Waals surface area contributed by atoms with Gasteiger partial charge in [0.1, 0.15) is 12.4 Å². The summed E-state index contributed by atoms with van der Waals surface area (Å²) in [5.41, 5.74) is 2.80. The maximum Gasteiger partial charge on any atom is 0.226 e. The van der Waals surface area contributed by atoms with Gasteiger partial charge in [-0.1, -0.05) is 48.6 Å². The van der Waals surface area contributed by atoms with E-state index in [2.05, 4.69) is 22.1 Å². The molecule has 3 rings (SSSR count). The van der Waals surface area contributed by atoms with Crippen molar-refractivity contribution in [3.8, 4) is 17.1 Å². The number of amides is 1. The minimum atomic E-state index is -0.112. The van der Waals surface area contributed by atoms with Crippen LogP contribution in [0, 0.1) is 11.7 Å². The van der Waals surface area contributed by atoms with Crippen molar-refractivity contribution in [1.29, 1.82) is 0 Å². The number of ether oxygens (including phenoxy) is 1. The Kier molecular flexibility index (Phi) is 6.39. The first-order chi connectivity index (χ1) is 13.6. The van der Waals surface area contributed by atoms with Crippen LogP contribution in [-0.2, 0) is 11.3 Å². The smallest absolute Gasteiger partial charge is 0.226 e. The Morgan fingerprint density at radius 3 is 2.86 bits per heavy atom. The third kappa shape index (κ3) is 4.95. The predicted octanol–water partition coefficient (Wildman–Crippen LogP) is 4.51. The van der Waals surface area contributed by atoms with Crippen molar-refractivity contribution in [3.63, 3.8) is 0 Å². The average Bonchev–Trinajstić information content (AvgIpc) is 3.06. The third-order valence-corrected chi connectivity index (χ3v) is 4.43. The highest BCUT2D eigenvalue weighted by molar-refractivity contribution is 7.71. The minimum Gasteiger partial charge on any atom is -0.489 e. The molecule has 0 bridgehead atoms. The lowest BCUT2D eigenvalue weighted by Crippen LogP contribution is -2.15. The minimum absolute atomic E-state index is 0.112. The zero-order valence-corrected chi connectivity index (χ0v) is 16.5. The molecule has 1 heterocycles. The average molecular weight is 394 g/mol. The van der Waals surface area contributed by atoms with Gasteiger partial charge in [0.2, 0.25) is 5.91 Å². The van der Waals surface area contributed by atoms with E-state index in [1.807, 2.05) is 54.0 Å². The fraction of sp³-hybridized carbons (Fsp3) is 0.190. The number of carbonyl (C=O) groups is 1. The lowest BCUT2D eigenvalue weighted by Gasteiger charge is -2.09. The van der Waals surface area contributed by atoms with Gasteiger partial charge in [0.05, 0.1) is 0 Å². The van der Waals surface area contributed by atoms with E-state index in [1.165, 1.54) is 5.56 Å². The molecule has 6 nitrogen and oxygen atoms in total. The van der Waals surface area contributed by atoms with Gasteiger partial charge in [0.15, 0.2) is 10.6 Å². The maximum atomic E-state index is 12.4. The molecule has 0 unspecified atom stereocenters. The topological polar surface area (TPSA) is 71.9 Å². The Bertz CT molecular complexity index is 1020. The molecule has 7 heteroatoms. The number of carbonyl (C=O) groups excluding carboxylic acids is 1. The fourth-order valence-electron chi connectivity index (χ4n) is 2.70. The second-order valence-corrected chi connectivity index (χ2v) is 6.68. The van der Waals surface area contributed by atoms with Gasteiger partial charge in [0.25, 0.3) is 0 Å². The van der Waals surface area contributed by atoms with Crippen LogP contribution in [0.1, 0.15) is 12.0 Å². The highest BCUT2D eigenvalue weighted by atomic mass is 32.1. The Hall–Kier alpha value is -3.19. The molecule has 0 fully saturated rings. The van der Waals surface area contributed by atoms with E-state index in [4.69, 9.17) is 17.0 Å². The summed E-state index contributed by atoms with van der Waals surface area (Å²) in [6, 6.07) is 15.3. The Morgan fingerprint density at radius 2 is 2.11 bits per heavy atom. The summed E-state index contributed by atoms with van der Waals surface area (Å²) in [5, 5.41) is 10.0.